The number of phenolic OH excluding ortho intramolecular Hbond substituents is 1. The quantitative estimate of drug-likeness (QED) is 0.642. The van der Waals surface area contributed by atoms with Crippen LogP contribution in [0.15, 0.2) is 23.2 Å². The van der Waals surface area contributed by atoms with E-state index < -0.39 is 4.92 Å². The molecule has 0 heterocycles. The molecule has 0 unspecified atom stereocenters. The predicted octanol–water partition coefficient (Wildman–Crippen LogP) is 2.71. The molecule has 0 atom stereocenters. The molecule has 0 saturated carbocycles. The highest BCUT2D eigenvalue weighted by Gasteiger charge is 2.12. The maximum Gasteiger partial charge on any atom is 0.271 e. The van der Waals surface area contributed by atoms with Gasteiger partial charge in [-0.3, -0.25) is 10.1 Å². The van der Waals surface area contributed by atoms with Gasteiger partial charge in [0.15, 0.2) is 0 Å². The van der Waals surface area contributed by atoms with E-state index in [2.05, 4.69) is 22.5 Å². The lowest BCUT2D eigenvalue weighted by Crippen LogP contribution is -1.89. The summed E-state index contributed by atoms with van der Waals surface area (Å²) in [7, 11) is 0. The second-order valence-electron chi connectivity index (χ2n) is 2.33. The van der Waals surface area contributed by atoms with Gasteiger partial charge in [0.05, 0.1) is 9.40 Å². The molecule has 0 amide bonds. The minimum absolute atomic E-state index is 0.0411. The Balaban J connectivity index is 3.38. The summed E-state index contributed by atoms with van der Waals surface area (Å²) in [5.41, 5.74) is 0.251. The molecule has 13 heavy (non-hydrogen) atoms. The van der Waals surface area contributed by atoms with Gasteiger partial charge >= 0.3 is 0 Å². The molecule has 0 aromatic heterocycles. The van der Waals surface area contributed by atoms with Gasteiger partial charge in [0.25, 0.3) is 5.69 Å². The highest BCUT2D eigenvalue weighted by atomic mass is 79.9. The second kappa shape index (κ2) is 3.57. The van der Waals surface area contributed by atoms with Crippen molar-refractivity contribution in [1.82, 2.24) is 0 Å². The van der Waals surface area contributed by atoms with E-state index in [9.17, 15) is 15.2 Å². The van der Waals surface area contributed by atoms with Crippen molar-refractivity contribution in [1.29, 1.82) is 0 Å². The first-order valence-electron chi connectivity index (χ1n) is 3.35. The molecule has 0 aliphatic rings. The number of aromatic hydroxyl groups is 1. The summed E-state index contributed by atoms with van der Waals surface area (Å²) in [6.45, 7) is 3.43. The monoisotopic (exact) mass is 243 g/mol. The summed E-state index contributed by atoms with van der Waals surface area (Å²) >= 11 is 3.00. The summed E-state index contributed by atoms with van der Waals surface area (Å²) in [5.74, 6) is -0.0411. The fourth-order valence-corrected chi connectivity index (χ4v) is 1.33. The Labute approximate surface area is 82.8 Å². The van der Waals surface area contributed by atoms with Crippen molar-refractivity contribution in [3.05, 3.63) is 38.9 Å². The van der Waals surface area contributed by atoms with Crippen molar-refractivity contribution in [3.63, 3.8) is 0 Å². The number of hydrogen-bond acceptors (Lipinski definition) is 3. The van der Waals surface area contributed by atoms with Gasteiger partial charge in [-0.25, -0.2) is 0 Å². The largest absolute Gasteiger partial charge is 0.506 e. The number of benzene rings is 1. The van der Waals surface area contributed by atoms with Crippen molar-refractivity contribution in [3.8, 4) is 5.75 Å². The maximum absolute atomic E-state index is 10.4. The molecule has 5 heteroatoms. The molecule has 4 nitrogen and oxygen atoms in total. The molecule has 0 spiro atoms. The van der Waals surface area contributed by atoms with Crippen molar-refractivity contribution < 1.29 is 10.0 Å². The number of phenols is 1. The molecule has 68 valence electrons. The summed E-state index contributed by atoms with van der Waals surface area (Å²) in [6, 6.07) is 2.50. The Morgan fingerprint density at radius 1 is 1.62 bits per heavy atom. The van der Waals surface area contributed by atoms with E-state index in [1.54, 1.807) is 0 Å². The normalized spacial score (nSPS) is 9.62. The summed E-state index contributed by atoms with van der Waals surface area (Å²) in [5, 5.41) is 19.8. The third kappa shape index (κ3) is 1.86. The number of rotatable bonds is 2. The van der Waals surface area contributed by atoms with Crippen LogP contribution in [-0.2, 0) is 0 Å². The van der Waals surface area contributed by atoms with Crippen molar-refractivity contribution in [2.75, 3.05) is 0 Å². The van der Waals surface area contributed by atoms with Crippen molar-refractivity contribution in [2.24, 2.45) is 0 Å². The van der Waals surface area contributed by atoms with Crippen LogP contribution in [0.25, 0.3) is 6.08 Å². The lowest BCUT2D eigenvalue weighted by atomic mass is 10.2. The summed E-state index contributed by atoms with van der Waals surface area (Å²) < 4.78 is 0.289. The van der Waals surface area contributed by atoms with Crippen LogP contribution in [0, 0.1) is 10.1 Å². The Kier molecular flexibility index (Phi) is 2.67. The average molecular weight is 244 g/mol. The number of non-ortho nitro benzene ring substituents is 1. The zero-order valence-corrected chi connectivity index (χ0v) is 8.11. The number of hydrogen-bond donors (Lipinski definition) is 1. The molecule has 0 fully saturated rings. The van der Waals surface area contributed by atoms with Gasteiger partial charge < -0.3 is 5.11 Å². The topological polar surface area (TPSA) is 63.4 Å². The van der Waals surface area contributed by atoms with Gasteiger partial charge in [-0.2, -0.15) is 0 Å². The van der Waals surface area contributed by atoms with Crippen LogP contribution in [-0.4, -0.2) is 10.0 Å². The van der Waals surface area contributed by atoms with E-state index in [0.29, 0.717) is 5.56 Å². The molecular formula is C8H6BrNO3. The molecule has 0 saturated heterocycles. The van der Waals surface area contributed by atoms with Gasteiger partial charge in [-0.05, 0) is 15.9 Å². The molecule has 0 aliphatic heterocycles. The second-order valence-corrected chi connectivity index (χ2v) is 3.18. The first-order valence-corrected chi connectivity index (χ1v) is 4.15. The van der Waals surface area contributed by atoms with Crippen molar-refractivity contribution >= 4 is 27.7 Å². The van der Waals surface area contributed by atoms with E-state index in [0.717, 1.165) is 0 Å². The van der Waals surface area contributed by atoms with Gasteiger partial charge in [-0.15, -0.1) is 0 Å². The average Bonchev–Trinajstić information content (AvgIpc) is 2.09. The highest BCUT2D eigenvalue weighted by Crippen LogP contribution is 2.32. The molecule has 1 N–H and O–H groups in total. The minimum Gasteiger partial charge on any atom is -0.506 e. The molecule has 0 aliphatic carbocycles. The molecule has 1 aromatic rings. The van der Waals surface area contributed by atoms with Crippen LogP contribution >= 0.6 is 15.9 Å². The Hall–Kier alpha value is -1.36. The van der Waals surface area contributed by atoms with Crippen LogP contribution < -0.4 is 0 Å². The number of halogens is 1. The Morgan fingerprint density at radius 2 is 2.23 bits per heavy atom. The van der Waals surface area contributed by atoms with E-state index in [-0.39, 0.29) is 15.9 Å². The number of nitro groups is 1. The van der Waals surface area contributed by atoms with Gasteiger partial charge in [0, 0.05) is 17.7 Å². The first kappa shape index (κ1) is 9.73. The Bertz CT molecular complexity index is 376. The van der Waals surface area contributed by atoms with Crippen LogP contribution in [0.2, 0.25) is 0 Å². The molecule has 1 aromatic carbocycles. The predicted molar refractivity (Wildman–Crippen MR) is 52.6 cm³/mol. The van der Waals surface area contributed by atoms with Crippen LogP contribution in [0.3, 0.4) is 0 Å². The standard InChI is InChI=1S/C8H6BrNO3/c1-2-5-3-6(10(12)13)4-7(9)8(5)11/h2-4,11H,1H2. The summed E-state index contributed by atoms with van der Waals surface area (Å²) in [6.07, 6.45) is 1.35. The Morgan fingerprint density at radius 3 is 2.69 bits per heavy atom. The van der Waals surface area contributed by atoms with Crippen LogP contribution in [0.5, 0.6) is 5.75 Å². The molecule has 0 radical (unpaired) electrons. The summed E-state index contributed by atoms with van der Waals surface area (Å²) in [4.78, 5) is 9.87. The lowest BCUT2D eigenvalue weighted by Gasteiger charge is -2.01. The molecule has 1 rings (SSSR count). The smallest absolute Gasteiger partial charge is 0.271 e. The van der Waals surface area contributed by atoms with E-state index >= 15 is 0 Å². The minimum atomic E-state index is -0.531. The number of nitrogens with zero attached hydrogens (tertiary/aromatic N) is 1. The van der Waals surface area contributed by atoms with E-state index in [4.69, 9.17) is 0 Å². The van der Waals surface area contributed by atoms with Crippen molar-refractivity contribution in [2.45, 2.75) is 0 Å². The lowest BCUT2D eigenvalue weighted by molar-refractivity contribution is -0.385. The zero-order chi connectivity index (χ0) is 10.0. The first-order chi connectivity index (χ1) is 6.06. The third-order valence-electron chi connectivity index (χ3n) is 1.51. The third-order valence-corrected chi connectivity index (χ3v) is 2.11. The van der Waals surface area contributed by atoms with Gasteiger partial charge in [0.1, 0.15) is 5.75 Å². The number of nitro benzene ring substituents is 1. The van der Waals surface area contributed by atoms with Crippen LogP contribution in [0.1, 0.15) is 5.56 Å². The van der Waals surface area contributed by atoms with Crippen LogP contribution in [0.4, 0.5) is 5.69 Å². The van der Waals surface area contributed by atoms with Gasteiger partial charge in [0.2, 0.25) is 0 Å². The molecular weight excluding hydrogens is 238 g/mol. The fourth-order valence-electron chi connectivity index (χ4n) is 0.866. The maximum atomic E-state index is 10.4. The fraction of sp³-hybridized carbons (Fsp3) is 0. The zero-order valence-electron chi connectivity index (χ0n) is 6.53. The SMILES string of the molecule is C=Cc1cc([N+](=O)[O-])cc(Br)c1O. The van der Waals surface area contributed by atoms with E-state index in [1.807, 2.05) is 0 Å². The van der Waals surface area contributed by atoms with Gasteiger partial charge in [-0.1, -0.05) is 12.7 Å². The highest BCUT2D eigenvalue weighted by molar-refractivity contribution is 9.10. The van der Waals surface area contributed by atoms with E-state index in [1.165, 1.54) is 18.2 Å². The molecule has 0 bridgehead atoms.